The third-order valence-corrected chi connectivity index (χ3v) is 6.43. The molecule has 2 aromatic carbocycles. The van der Waals surface area contributed by atoms with Crippen LogP contribution in [0, 0.1) is 0 Å². The van der Waals surface area contributed by atoms with Gasteiger partial charge in [0.2, 0.25) is 5.78 Å². The first-order chi connectivity index (χ1) is 16.4. The van der Waals surface area contributed by atoms with Crippen LogP contribution >= 0.6 is 11.6 Å². The van der Waals surface area contributed by atoms with Crippen molar-refractivity contribution in [3.8, 4) is 11.5 Å². The Morgan fingerprint density at radius 1 is 1.21 bits per heavy atom. The smallest absolute Gasteiger partial charge is 0.290 e. The van der Waals surface area contributed by atoms with Gasteiger partial charge in [-0.15, -0.1) is 0 Å². The van der Waals surface area contributed by atoms with Crippen LogP contribution in [0.1, 0.15) is 35.0 Å². The summed E-state index contributed by atoms with van der Waals surface area (Å²) in [5.41, 5.74) is 0.765. The summed E-state index contributed by atoms with van der Waals surface area (Å²) in [5.74, 6) is -1.91. The molecule has 1 amide bonds. The van der Waals surface area contributed by atoms with Crippen molar-refractivity contribution in [2.24, 2.45) is 0 Å². The molecule has 176 valence electrons. The number of carbonyl (C=O) groups excluding carboxylic acids is 2. The van der Waals surface area contributed by atoms with Gasteiger partial charge in [-0.25, -0.2) is 0 Å². The standard InChI is InChI=1S/C25H22ClNO7/c1-32-19-6-4-13(10-17(19)28)22-21(24(30)25(31)27(22)12-16-3-2-8-33-16)23(29)20-11-14-9-15(26)5-7-18(14)34-20/h4-7,9-11,16,22,28,30H,2-3,8,12H2,1H3. The largest absolute Gasteiger partial charge is 0.504 e. The number of ketones is 1. The fraction of sp³-hybridized carbons (Fsp3) is 0.280. The van der Waals surface area contributed by atoms with Crippen molar-refractivity contribution in [2.45, 2.75) is 25.0 Å². The van der Waals surface area contributed by atoms with E-state index in [2.05, 4.69) is 0 Å². The van der Waals surface area contributed by atoms with E-state index in [1.54, 1.807) is 30.3 Å². The molecule has 0 radical (unpaired) electrons. The van der Waals surface area contributed by atoms with E-state index in [4.69, 9.17) is 25.5 Å². The number of phenolic OH excluding ortho intramolecular Hbond substituents is 1. The summed E-state index contributed by atoms with van der Waals surface area (Å²) in [5, 5.41) is 22.3. The molecule has 8 nitrogen and oxygen atoms in total. The van der Waals surface area contributed by atoms with Crippen LogP contribution < -0.4 is 4.74 Å². The lowest BCUT2D eigenvalue weighted by Crippen LogP contribution is -2.37. The molecule has 1 aromatic heterocycles. The van der Waals surface area contributed by atoms with E-state index in [1.807, 2.05) is 0 Å². The molecule has 1 saturated heterocycles. The van der Waals surface area contributed by atoms with Crippen molar-refractivity contribution < 1.29 is 33.7 Å². The van der Waals surface area contributed by atoms with E-state index >= 15 is 0 Å². The Bertz CT molecular complexity index is 1320. The van der Waals surface area contributed by atoms with Crippen molar-refractivity contribution >= 4 is 34.3 Å². The minimum atomic E-state index is -0.946. The normalized spacial score (nSPS) is 20.5. The number of halogens is 1. The van der Waals surface area contributed by atoms with E-state index in [0.29, 0.717) is 28.2 Å². The number of methoxy groups -OCH3 is 1. The van der Waals surface area contributed by atoms with Gasteiger partial charge in [-0.1, -0.05) is 17.7 Å². The van der Waals surface area contributed by atoms with Crippen LogP contribution in [0.25, 0.3) is 11.0 Å². The van der Waals surface area contributed by atoms with Gasteiger partial charge in [-0.2, -0.15) is 0 Å². The molecule has 1 fully saturated rings. The maximum Gasteiger partial charge on any atom is 0.290 e. The highest BCUT2D eigenvalue weighted by Gasteiger charge is 2.45. The molecular formula is C25H22ClNO7. The Morgan fingerprint density at radius 2 is 2.03 bits per heavy atom. The van der Waals surface area contributed by atoms with Crippen LogP contribution in [0.15, 0.2) is 58.2 Å². The number of furan rings is 1. The lowest BCUT2D eigenvalue weighted by molar-refractivity contribution is -0.131. The van der Waals surface area contributed by atoms with Gasteiger partial charge >= 0.3 is 0 Å². The van der Waals surface area contributed by atoms with E-state index in [-0.39, 0.29) is 35.5 Å². The zero-order valence-corrected chi connectivity index (χ0v) is 19.0. The summed E-state index contributed by atoms with van der Waals surface area (Å²) < 4.78 is 16.5. The molecule has 3 heterocycles. The number of phenols is 1. The second kappa shape index (κ2) is 8.70. The van der Waals surface area contributed by atoms with Crippen molar-refractivity contribution in [2.75, 3.05) is 20.3 Å². The number of rotatable bonds is 6. The van der Waals surface area contributed by atoms with Crippen LogP contribution in [0.2, 0.25) is 5.02 Å². The zero-order valence-electron chi connectivity index (χ0n) is 18.3. The lowest BCUT2D eigenvalue weighted by Gasteiger charge is -2.29. The summed E-state index contributed by atoms with van der Waals surface area (Å²) in [4.78, 5) is 28.1. The molecule has 2 aliphatic rings. The quantitative estimate of drug-likeness (QED) is 0.494. The summed E-state index contributed by atoms with van der Waals surface area (Å²) in [6.07, 6.45) is 1.42. The molecule has 2 aliphatic heterocycles. The van der Waals surface area contributed by atoms with Gasteiger partial charge in [-0.3, -0.25) is 9.59 Å². The third-order valence-electron chi connectivity index (χ3n) is 6.19. The lowest BCUT2D eigenvalue weighted by atomic mass is 9.94. The Balaban J connectivity index is 1.59. The number of benzene rings is 2. The number of fused-ring (bicyclic) bond motifs is 1. The summed E-state index contributed by atoms with van der Waals surface area (Å²) in [6, 6.07) is 10.1. The molecule has 2 N–H and O–H groups in total. The molecule has 0 aliphatic carbocycles. The number of aliphatic hydroxyl groups is 1. The number of amides is 1. The van der Waals surface area contributed by atoms with Crippen molar-refractivity contribution in [3.05, 3.63) is 70.1 Å². The SMILES string of the molecule is COc1ccc(C2C(C(=O)c3cc4cc(Cl)ccc4o3)=C(O)C(=O)N2CC2CCCO2)cc1O. The number of hydrogen-bond acceptors (Lipinski definition) is 7. The molecule has 9 heteroatoms. The first kappa shape index (κ1) is 22.3. The molecule has 2 atom stereocenters. The Hall–Kier alpha value is -3.49. The molecule has 5 rings (SSSR count). The van der Waals surface area contributed by atoms with E-state index in [1.165, 1.54) is 24.1 Å². The van der Waals surface area contributed by atoms with E-state index in [9.17, 15) is 19.8 Å². The molecule has 2 unspecified atom stereocenters. The van der Waals surface area contributed by atoms with Crippen LogP contribution in [0.4, 0.5) is 0 Å². The van der Waals surface area contributed by atoms with Gasteiger partial charge in [-0.05, 0) is 54.8 Å². The van der Waals surface area contributed by atoms with Crippen LogP contribution in [0.5, 0.6) is 11.5 Å². The van der Waals surface area contributed by atoms with Gasteiger partial charge in [0.15, 0.2) is 23.0 Å². The molecule has 0 spiro atoms. The van der Waals surface area contributed by atoms with Crippen molar-refractivity contribution in [1.29, 1.82) is 0 Å². The average molecular weight is 484 g/mol. The Kier molecular flexibility index (Phi) is 5.71. The minimum absolute atomic E-state index is 0.0340. The molecule has 0 saturated carbocycles. The predicted octanol–water partition coefficient (Wildman–Crippen LogP) is 4.56. The Labute approximate surface area is 199 Å². The summed E-state index contributed by atoms with van der Waals surface area (Å²) in [6.45, 7) is 0.778. The third kappa shape index (κ3) is 3.78. The molecule has 3 aromatic rings. The van der Waals surface area contributed by atoms with Crippen molar-refractivity contribution in [1.82, 2.24) is 4.90 Å². The first-order valence-corrected chi connectivity index (χ1v) is 11.2. The fourth-order valence-electron chi connectivity index (χ4n) is 4.56. The van der Waals surface area contributed by atoms with Gasteiger partial charge in [0, 0.05) is 23.6 Å². The molecule has 0 bridgehead atoms. The van der Waals surface area contributed by atoms with Crippen molar-refractivity contribution in [3.63, 3.8) is 0 Å². The summed E-state index contributed by atoms with van der Waals surface area (Å²) in [7, 11) is 1.42. The average Bonchev–Trinajstić information content (AvgIpc) is 3.54. The van der Waals surface area contributed by atoms with Gasteiger partial charge < -0.3 is 29.0 Å². The number of aliphatic hydroxyl groups excluding tert-OH is 1. The highest BCUT2D eigenvalue weighted by atomic mass is 35.5. The van der Waals surface area contributed by atoms with Crippen LogP contribution in [-0.4, -0.2) is 53.2 Å². The number of aromatic hydroxyl groups is 1. The second-order valence-corrected chi connectivity index (χ2v) is 8.75. The van der Waals surface area contributed by atoms with E-state index in [0.717, 1.165) is 12.8 Å². The first-order valence-electron chi connectivity index (χ1n) is 10.8. The Morgan fingerprint density at radius 3 is 2.74 bits per heavy atom. The highest BCUT2D eigenvalue weighted by Crippen LogP contribution is 2.42. The highest BCUT2D eigenvalue weighted by molar-refractivity contribution is 6.31. The summed E-state index contributed by atoms with van der Waals surface area (Å²) >= 11 is 6.05. The number of ether oxygens (including phenoxy) is 2. The predicted molar refractivity (Wildman–Crippen MR) is 123 cm³/mol. The number of hydrogen-bond donors (Lipinski definition) is 2. The number of Topliss-reactive ketones (excluding diaryl/α,β-unsaturated/α-hetero) is 1. The zero-order chi connectivity index (χ0) is 24.0. The number of carbonyl (C=O) groups is 2. The van der Waals surface area contributed by atoms with Crippen LogP contribution in [-0.2, 0) is 9.53 Å². The fourth-order valence-corrected chi connectivity index (χ4v) is 4.74. The monoisotopic (exact) mass is 483 g/mol. The van der Waals surface area contributed by atoms with Gasteiger partial charge in [0.05, 0.1) is 24.8 Å². The molecule has 34 heavy (non-hydrogen) atoms. The van der Waals surface area contributed by atoms with Gasteiger partial charge in [0.1, 0.15) is 5.58 Å². The number of nitrogens with zero attached hydrogens (tertiary/aromatic N) is 1. The minimum Gasteiger partial charge on any atom is -0.504 e. The topological polar surface area (TPSA) is 109 Å². The second-order valence-electron chi connectivity index (χ2n) is 8.31. The van der Waals surface area contributed by atoms with Gasteiger partial charge in [0.25, 0.3) is 5.91 Å². The maximum absolute atomic E-state index is 13.6. The molecular weight excluding hydrogens is 462 g/mol. The van der Waals surface area contributed by atoms with E-state index < -0.39 is 23.5 Å². The van der Waals surface area contributed by atoms with Crippen LogP contribution in [0.3, 0.4) is 0 Å². The maximum atomic E-state index is 13.6.